The maximum absolute atomic E-state index is 11.5. The van der Waals surface area contributed by atoms with E-state index in [2.05, 4.69) is 0 Å². The van der Waals surface area contributed by atoms with Crippen molar-refractivity contribution in [2.75, 3.05) is 20.3 Å². The molecule has 0 bridgehead atoms. The summed E-state index contributed by atoms with van der Waals surface area (Å²) in [4.78, 5) is 11.5. The van der Waals surface area contributed by atoms with E-state index in [1.807, 2.05) is 13.0 Å². The summed E-state index contributed by atoms with van der Waals surface area (Å²) in [6, 6.07) is 6.99. The first-order valence-electron chi connectivity index (χ1n) is 6.26. The molecule has 1 aromatic rings. The lowest BCUT2D eigenvalue weighted by Crippen LogP contribution is -2.06. The van der Waals surface area contributed by atoms with Gasteiger partial charge in [-0.05, 0) is 37.6 Å². The molecule has 106 valence electrons. The van der Waals surface area contributed by atoms with Crippen molar-refractivity contribution in [2.45, 2.75) is 13.8 Å². The van der Waals surface area contributed by atoms with E-state index >= 15 is 0 Å². The minimum absolute atomic E-state index is 0.0561. The monoisotopic (exact) mass is 275 g/mol. The minimum atomic E-state index is -0.635. The van der Waals surface area contributed by atoms with Crippen molar-refractivity contribution in [1.82, 2.24) is 0 Å². The molecule has 0 unspecified atom stereocenters. The Balaban J connectivity index is 3.10. The summed E-state index contributed by atoms with van der Waals surface area (Å²) in [5.74, 6) is 0.521. The van der Waals surface area contributed by atoms with Crippen LogP contribution in [-0.4, -0.2) is 26.3 Å². The number of ether oxygens (including phenoxy) is 3. The summed E-state index contributed by atoms with van der Waals surface area (Å²) >= 11 is 0. The van der Waals surface area contributed by atoms with E-state index in [1.54, 1.807) is 32.2 Å². The molecule has 0 fully saturated rings. The van der Waals surface area contributed by atoms with Crippen LogP contribution in [0.4, 0.5) is 0 Å². The molecule has 0 aliphatic heterocycles. The van der Waals surface area contributed by atoms with Crippen LogP contribution in [-0.2, 0) is 9.53 Å². The number of esters is 1. The second-order valence-electron chi connectivity index (χ2n) is 3.73. The number of hydrogen-bond donors (Lipinski definition) is 0. The zero-order chi connectivity index (χ0) is 15.0. The van der Waals surface area contributed by atoms with Crippen molar-refractivity contribution in [3.63, 3.8) is 0 Å². The van der Waals surface area contributed by atoms with Gasteiger partial charge in [-0.15, -0.1) is 0 Å². The van der Waals surface area contributed by atoms with Crippen molar-refractivity contribution in [2.24, 2.45) is 0 Å². The normalized spacial score (nSPS) is 10.6. The summed E-state index contributed by atoms with van der Waals surface area (Å²) in [6.45, 7) is 4.27. The van der Waals surface area contributed by atoms with Crippen LogP contribution in [0.3, 0.4) is 0 Å². The van der Waals surface area contributed by atoms with Crippen molar-refractivity contribution in [1.29, 1.82) is 5.26 Å². The summed E-state index contributed by atoms with van der Waals surface area (Å²) in [5, 5.41) is 8.98. The van der Waals surface area contributed by atoms with Gasteiger partial charge in [0.1, 0.15) is 11.6 Å². The Bertz CT molecular complexity index is 543. The molecule has 0 spiro atoms. The quantitative estimate of drug-likeness (QED) is 0.453. The molecule has 0 aliphatic rings. The highest BCUT2D eigenvalue weighted by atomic mass is 16.5. The van der Waals surface area contributed by atoms with Crippen molar-refractivity contribution >= 4 is 12.0 Å². The molecule has 0 aromatic heterocycles. The van der Waals surface area contributed by atoms with Gasteiger partial charge >= 0.3 is 5.97 Å². The van der Waals surface area contributed by atoms with Gasteiger partial charge in [-0.25, -0.2) is 4.79 Å². The Labute approximate surface area is 118 Å². The Kier molecular flexibility index (Phi) is 6.11. The van der Waals surface area contributed by atoms with Crippen LogP contribution in [0.25, 0.3) is 6.08 Å². The maximum atomic E-state index is 11.5. The number of nitriles is 1. The Morgan fingerprint density at radius 3 is 2.60 bits per heavy atom. The second-order valence-corrected chi connectivity index (χ2v) is 3.73. The van der Waals surface area contributed by atoms with E-state index in [1.165, 1.54) is 6.08 Å². The fraction of sp³-hybridized carbons (Fsp3) is 0.333. The Morgan fingerprint density at radius 2 is 2.05 bits per heavy atom. The number of carbonyl (C=O) groups excluding carboxylic acids is 1. The van der Waals surface area contributed by atoms with Crippen LogP contribution in [0.5, 0.6) is 11.5 Å². The molecule has 20 heavy (non-hydrogen) atoms. The van der Waals surface area contributed by atoms with Crippen LogP contribution in [0.1, 0.15) is 19.4 Å². The van der Waals surface area contributed by atoms with Gasteiger partial charge in [0.15, 0.2) is 11.5 Å². The van der Waals surface area contributed by atoms with E-state index in [9.17, 15) is 4.79 Å². The molecule has 0 aliphatic carbocycles. The summed E-state index contributed by atoms with van der Waals surface area (Å²) < 4.78 is 15.4. The largest absolute Gasteiger partial charge is 0.493 e. The molecule has 0 heterocycles. The molecule has 0 saturated carbocycles. The van der Waals surface area contributed by atoms with Gasteiger partial charge in [-0.2, -0.15) is 5.26 Å². The fourth-order valence-corrected chi connectivity index (χ4v) is 1.56. The predicted molar refractivity (Wildman–Crippen MR) is 74.4 cm³/mol. The molecule has 0 radical (unpaired) electrons. The first-order chi connectivity index (χ1) is 9.65. The molecule has 0 saturated heterocycles. The standard InChI is InChI=1S/C15H17NO4/c1-4-19-14-9-11(6-7-13(14)18-3)8-12(10-16)15(17)20-5-2/h6-9H,4-5H2,1-3H3/b12-8-. The van der Waals surface area contributed by atoms with Crippen LogP contribution < -0.4 is 9.47 Å². The minimum Gasteiger partial charge on any atom is -0.493 e. The number of methoxy groups -OCH3 is 1. The van der Waals surface area contributed by atoms with Gasteiger partial charge in [0, 0.05) is 0 Å². The average molecular weight is 275 g/mol. The average Bonchev–Trinajstić information content (AvgIpc) is 2.45. The third-order valence-corrected chi connectivity index (χ3v) is 2.41. The highest BCUT2D eigenvalue weighted by molar-refractivity contribution is 5.97. The molecule has 0 amide bonds. The topological polar surface area (TPSA) is 68.6 Å². The lowest BCUT2D eigenvalue weighted by molar-refractivity contribution is -0.137. The number of hydrogen-bond acceptors (Lipinski definition) is 5. The Hall–Kier alpha value is -2.48. The zero-order valence-electron chi connectivity index (χ0n) is 11.8. The number of rotatable bonds is 6. The summed E-state index contributed by atoms with van der Waals surface area (Å²) in [5.41, 5.74) is 0.610. The zero-order valence-corrected chi connectivity index (χ0v) is 11.8. The molecular formula is C15H17NO4. The Morgan fingerprint density at radius 1 is 1.30 bits per heavy atom. The number of nitrogens with zero attached hydrogens (tertiary/aromatic N) is 1. The summed E-state index contributed by atoms with van der Waals surface area (Å²) in [7, 11) is 1.55. The van der Waals surface area contributed by atoms with Crippen LogP contribution in [0.15, 0.2) is 23.8 Å². The number of carbonyl (C=O) groups is 1. The smallest absolute Gasteiger partial charge is 0.348 e. The van der Waals surface area contributed by atoms with E-state index < -0.39 is 5.97 Å². The van der Waals surface area contributed by atoms with Crippen molar-refractivity contribution in [3.8, 4) is 17.6 Å². The van der Waals surface area contributed by atoms with Crippen LogP contribution in [0, 0.1) is 11.3 Å². The van der Waals surface area contributed by atoms with E-state index in [4.69, 9.17) is 19.5 Å². The molecule has 0 N–H and O–H groups in total. The maximum Gasteiger partial charge on any atom is 0.348 e. The van der Waals surface area contributed by atoms with Gasteiger partial charge in [0.2, 0.25) is 0 Å². The molecule has 0 atom stereocenters. The van der Waals surface area contributed by atoms with E-state index in [0.29, 0.717) is 23.7 Å². The second kappa shape index (κ2) is 7.85. The van der Waals surface area contributed by atoms with Gasteiger partial charge in [-0.3, -0.25) is 0 Å². The third-order valence-electron chi connectivity index (χ3n) is 2.41. The first kappa shape index (κ1) is 15.6. The highest BCUT2D eigenvalue weighted by Gasteiger charge is 2.11. The van der Waals surface area contributed by atoms with Gasteiger partial charge in [0.05, 0.1) is 20.3 Å². The fourth-order valence-electron chi connectivity index (χ4n) is 1.56. The van der Waals surface area contributed by atoms with Crippen molar-refractivity contribution < 1.29 is 19.0 Å². The third kappa shape index (κ3) is 4.02. The summed E-state index contributed by atoms with van der Waals surface area (Å²) in [6.07, 6.45) is 1.46. The number of benzene rings is 1. The van der Waals surface area contributed by atoms with Crippen LogP contribution in [0.2, 0.25) is 0 Å². The van der Waals surface area contributed by atoms with Gasteiger partial charge < -0.3 is 14.2 Å². The molecule has 5 heteroatoms. The highest BCUT2D eigenvalue weighted by Crippen LogP contribution is 2.28. The predicted octanol–water partition coefficient (Wildman–Crippen LogP) is 2.56. The van der Waals surface area contributed by atoms with Gasteiger partial charge in [-0.1, -0.05) is 6.07 Å². The van der Waals surface area contributed by atoms with E-state index in [0.717, 1.165) is 0 Å². The lowest BCUT2D eigenvalue weighted by Gasteiger charge is -2.09. The first-order valence-corrected chi connectivity index (χ1v) is 6.26. The lowest BCUT2D eigenvalue weighted by atomic mass is 10.1. The van der Waals surface area contributed by atoms with Crippen LogP contribution >= 0.6 is 0 Å². The SMILES string of the molecule is CCOC(=O)/C(C#N)=C\c1ccc(OC)c(OCC)c1. The van der Waals surface area contributed by atoms with Crippen molar-refractivity contribution in [3.05, 3.63) is 29.3 Å². The molecule has 1 aromatic carbocycles. The molecule has 5 nitrogen and oxygen atoms in total. The molecular weight excluding hydrogens is 258 g/mol. The van der Waals surface area contributed by atoms with Gasteiger partial charge in [0.25, 0.3) is 0 Å². The van der Waals surface area contributed by atoms with E-state index in [-0.39, 0.29) is 12.2 Å². The molecule has 1 rings (SSSR count).